The maximum Gasteiger partial charge on any atom is 0.334 e. The van der Waals surface area contributed by atoms with Crippen LogP contribution in [-0.4, -0.2) is 30.8 Å². The van der Waals surface area contributed by atoms with Gasteiger partial charge in [0.2, 0.25) is 0 Å². The van der Waals surface area contributed by atoms with Gasteiger partial charge in [-0.3, -0.25) is 0 Å². The molecule has 1 N–H and O–H groups in total. The lowest BCUT2D eigenvalue weighted by Crippen LogP contribution is -2.65. The van der Waals surface area contributed by atoms with Crippen molar-refractivity contribution in [2.75, 3.05) is 7.11 Å². The fourth-order valence-corrected chi connectivity index (χ4v) is 6.09. The van der Waals surface area contributed by atoms with Gasteiger partial charge in [-0.2, -0.15) is 0 Å². The molecule has 1 spiro atoms. The van der Waals surface area contributed by atoms with Crippen LogP contribution in [0.15, 0.2) is 46.8 Å². The van der Waals surface area contributed by atoms with E-state index in [0.29, 0.717) is 18.4 Å². The van der Waals surface area contributed by atoms with Crippen molar-refractivity contribution in [3.8, 4) is 0 Å². The molecule has 6 nitrogen and oxygen atoms in total. The van der Waals surface area contributed by atoms with Gasteiger partial charge in [0.15, 0.2) is 12.6 Å². The Bertz CT molecular complexity index is 811. The smallest absolute Gasteiger partial charge is 0.334 e. The van der Waals surface area contributed by atoms with Crippen LogP contribution in [0.2, 0.25) is 0 Å². The van der Waals surface area contributed by atoms with Crippen LogP contribution in [0.4, 0.5) is 0 Å². The number of ether oxygens (including phenoxy) is 3. The Morgan fingerprint density at radius 3 is 2.96 bits per heavy atom. The first-order chi connectivity index (χ1) is 13.0. The Hall–Kier alpha value is -1.89. The Morgan fingerprint density at radius 2 is 2.22 bits per heavy atom. The molecule has 1 aromatic rings. The van der Waals surface area contributed by atoms with Gasteiger partial charge in [-0.25, -0.2) is 4.79 Å². The van der Waals surface area contributed by atoms with E-state index >= 15 is 0 Å². The molecule has 2 saturated heterocycles. The summed E-state index contributed by atoms with van der Waals surface area (Å²) in [6, 6.07) is 1.90. The highest BCUT2D eigenvalue weighted by Crippen LogP contribution is 2.71. The van der Waals surface area contributed by atoms with E-state index in [1.54, 1.807) is 12.5 Å². The third kappa shape index (κ3) is 2.03. The van der Waals surface area contributed by atoms with Gasteiger partial charge >= 0.3 is 5.97 Å². The summed E-state index contributed by atoms with van der Waals surface area (Å²) in [4.78, 5) is 12.6. The van der Waals surface area contributed by atoms with Crippen LogP contribution in [-0.2, 0) is 19.0 Å². The SMILES string of the molecule is C=C1CC[C@]23C(C(=O)OC)=CCC[C@H]2[C@]12C[C@H](c1ccoc1)O[C@H]2O[C@@H]3O. The second-order valence-electron chi connectivity index (χ2n) is 8.13. The van der Waals surface area contributed by atoms with Crippen molar-refractivity contribution < 1.29 is 28.5 Å². The molecule has 0 aromatic carbocycles. The van der Waals surface area contributed by atoms with E-state index in [9.17, 15) is 9.90 Å². The fraction of sp³-hybridized carbons (Fsp3) is 0.571. The topological polar surface area (TPSA) is 78.1 Å². The molecule has 3 fully saturated rings. The average Bonchev–Trinajstić information content (AvgIpc) is 3.33. The van der Waals surface area contributed by atoms with Crippen molar-refractivity contribution in [3.05, 3.63) is 48.0 Å². The Morgan fingerprint density at radius 1 is 1.37 bits per heavy atom. The van der Waals surface area contributed by atoms with Crippen LogP contribution < -0.4 is 0 Å². The molecular weight excluding hydrogens is 348 g/mol. The first-order valence-electron chi connectivity index (χ1n) is 9.52. The monoisotopic (exact) mass is 372 g/mol. The molecule has 6 atom stereocenters. The molecule has 0 radical (unpaired) electrons. The van der Waals surface area contributed by atoms with E-state index < -0.39 is 23.4 Å². The predicted octanol–water partition coefficient (Wildman–Crippen LogP) is 3.25. The molecule has 5 rings (SSSR count). The van der Waals surface area contributed by atoms with Crippen LogP contribution in [0.1, 0.15) is 43.8 Å². The lowest BCUT2D eigenvalue weighted by atomic mass is 9.45. The van der Waals surface area contributed by atoms with Gasteiger partial charge in [-0.05, 0) is 44.1 Å². The number of hydrogen-bond donors (Lipinski definition) is 1. The number of allylic oxidation sites excluding steroid dienone is 1. The van der Waals surface area contributed by atoms with E-state index in [0.717, 1.165) is 30.4 Å². The highest BCUT2D eigenvalue weighted by molar-refractivity contribution is 5.90. The lowest BCUT2D eigenvalue weighted by molar-refractivity contribution is -0.340. The van der Waals surface area contributed by atoms with Crippen molar-refractivity contribution in [1.29, 1.82) is 0 Å². The standard InChI is InChI=1S/C21H24O6/c1-12-6-8-20-14(17(22)24-2)4-3-5-16(20)21(12)10-15(13-7-9-25-11-13)26-19(21)27-18(20)23/h4,7,9,11,15-16,18-19,23H,1,3,5-6,8,10H2,2H3/t15-,16-,18+,19+,20+,21+/m1/s1. The third-order valence-electron chi connectivity index (χ3n) is 7.29. The second-order valence-corrected chi connectivity index (χ2v) is 8.13. The zero-order valence-corrected chi connectivity index (χ0v) is 15.3. The minimum absolute atomic E-state index is 0.0241. The quantitative estimate of drug-likeness (QED) is 0.634. The van der Waals surface area contributed by atoms with E-state index in [4.69, 9.17) is 18.6 Å². The third-order valence-corrected chi connectivity index (χ3v) is 7.29. The van der Waals surface area contributed by atoms with Gasteiger partial charge < -0.3 is 23.7 Å². The van der Waals surface area contributed by atoms with Gasteiger partial charge in [-0.15, -0.1) is 0 Å². The highest BCUT2D eigenvalue weighted by Gasteiger charge is 2.71. The van der Waals surface area contributed by atoms with E-state index in [-0.39, 0.29) is 18.0 Å². The lowest BCUT2D eigenvalue weighted by Gasteiger charge is -2.62. The van der Waals surface area contributed by atoms with Gasteiger partial charge in [0.1, 0.15) is 0 Å². The molecule has 1 aromatic heterocycles. The van der Waals surface area contributed by atoms with Crippen molar-refractivity contribution in [2.45, 2.75) is 50.8 Å². The number of methoxy groups -OCH3 is 1. The van der Waals surface area contributed by atoms with Crippen molar-refractivity contribution in [1.82, 2.24) is 0 Å². The first kappa shape index (κ1) is 17.2. The fourth-order valence-electron chi connectivity index (χ4n) is 6.09. The van der Waals surface area contributed by atoms with Crippen LogP contribution >= 0.6 is 0 Å². The van der Waals surface area contributed by atoms with Crippen molar-refractivity contribution >= 4 is 5.97 Å². The zero-order chi connectivity index (χ0) is 18.8. The zero-order valence-electron chi connectivity index (χ0n) is 15.3. The molecule has 0 unspecified atom stereocenters. The summed E-state index contributed by atoms with van der Waals surface area (Å²) < 4.78 is 22.6. The normalized spacial score (nSPS) is 42.9. The summed E-state index contributed by atoms with van der Waals surface area (Å²) in [6.07, 6.45) is 7.06. The molecule has 27 heavy (non-hydrogen) atoms. The first-order valence-corrected chi connectivity index (χ1v) is 9.52. The van der Waals surface area contributed by atoms with Crippen LogP contribution in [0.5, 0.6) is 0 Å². The largest absolute Gasteiger partial charge is 0.472 e. The van der Waals surface area contributed by atoms with Gasteiger partial charge in [-0.1, -0.05) is 18.2 Å². The van der Waals surface area contributed by atoms with E-state index in [1.807, 2.05) is 12.1 Å². The van der Waals surface area contributed by atoms with Gasteiger partial charge in [0.25, 0.3) is 0 Å². The molecule has 144 valence electrons. The van der Waals surface area contributed by atoms with Crippen LogP contribution in [0, 0.1) is 16.7 Å². The number of hydrogen-bond acceptors (Lipinski definition) is 6. The highest BCUT2D eigenvalue weighted by atomic mass is 16.7. The molecule has 0 amide bonds. The van der Waals surface area contributed by atoms with Gasteiger partial charge in [0.05, 0.1) is 31.2 Å². The maximum atomic E-state index is 12.6. The summed E-state index contributed by atoms with van der Waals surface area (Å²) in [5.74, 6) is -0.357. The van der Waals surface area contributed by atoms with E-state index in [1.165, 1.54) is 7.11 Å². The molecule has 2 aliphatic heterocycles. The Balaban J connectivity index is 1.63. The molecular formula is C21H24O6. The average molecular weight is 372 g/mol. The molecule has 4 aliphatic rings. The molecule has 3 heterocycles. The summed E-state index contributed by atoms with van der Waals surface area (Å²) >= 11 is 0. The molecule has 6 heteroatoms. The van der Waals surface area contributed by atoms with Crippen molar-refractivity contribution in [3.63, 3.8) is 0 Å². The molecule has 1 saturated carbocycles. The number of aliphatic hydroxyl groups is 1. The maximum absolute atomic E-state index is 12.6. The predicted molar refractivity (Wildman–Crippen MR) is 94.1 cm³/mol. The number of furan rings is 1. The summed E-state index contributed by atoms with van der Waals surface area (Å²) in [7, 11) is 1.38. The van der Waals surface area contributed by atoms with Crippen LogP contribution in [0.25, 0.3) is 0 Å². The van der Waals surface area contributed by atoms with Crippen LogP contribution in [0.3, 0.4) is 0 Å². The van der Waals surface area contributed by atoms with Gasteiger partial charge in [0, 0.05) is 16.6 Å². The second kappa shape index (κ2) is 5.80. The number of carbonyl (C=O) groups excluding carboxylic acids is 1. The van der Waals surface area contributed by atoms with Crippen molar-refractivity contribution in [2.24, 2.45) is 16.7 Å². The summed E-state index contributed by atoms with van der Waals surface area (Å²) in [6.45, 7) is 4.39. The minimum atomic E-state index is -1.11. The number of carbonyl (C=O) groups is 1. The Kier molecular flexibility index (Phi) is 3.70. The number of rotatable bonds is 2. The number of aliphatic hydroxyl groups excluding tert-OH is 1. The summed E-state index contributed by atoms with van der Waals surface area (Å²) in [5.41, 5.74) is 1.41. The summed E-state index contributed by atoms with van der Waals surface area (Å²) in [5, 5.41) is 11.1. The minimum Gasteiger partial charge on any atom is -0.472 e. The number of esters is 1. The molecule has 2 aliphatic carbocycles. The Labute approximate surface area is 157 Å². The molecule has 2 bridgehead atoms. The van der Waals surface area contributed by atoms with E-state index in [2.05, 4.69) is 6.58 Å².